The van der Waals surface area contributed by atoms with Gasteiger partial charge in [0.25, 0.3) is 0 Å². The maximum Gasteiger partial charge on any atom is 0.127 e. The second-order valence-corrected chi connectivity index (χ2v) is 7.37. The van der Waals surface area contributed by atoms with Crippen molar-refractivity contribution in [1.29, 1.82) is 0 Å². The molecule has 3 heteroatoms. The number of hydrogen-bond acceptors (Lipinski definition) is 0. The number of benzene rings is 1. The van der Waals surface area contributed by atoms with Gasteiger partial charge >= 0.3 is 0 Å². The normalized spacial score (nSPS) is 28.4. The quantitative estimate of drug-likeness (QED) is 0.815. The van der Waals surface area contributed by atoms with Gasteiger partial charge in [-0.15, -0.1) is 0 Å². The van der Waals surface area contributed by atoms with Crippen LogP contribution < -0.4 is 9.80 Å². The standard InChI is InChI=1S/C17H25BrN2/c18-17-9-5-4-6-15(17)14-19-10-12-20(13-11-19)16-7-2-1-3-8-16/h4-6,9,16H,1-3,7-8,10-14H2/p+2. The first kappa shape index (κ1) is 14.6. The Morgan fingerprint density at radius 2 is 1.65 bits per heavy atom. The molecule has 0 aromatic heterocycles. The van der Waals surface area contributed by atoms with Gasteiger partial charge in [-0.05, 0) is 31.7 Å². The first-order valence-corrected chi connectivity index (χ1v) is 9.04. The third-order valence-electron chi connectivity index (χ3n) is 5.18. The Morgan fingerprint density at radius 3 is 2.35 bits per heavy atom. The topological polar surface area (TPSA) is 8.88 Å². The molecule has 1 aromatic rings. The van der Waals surface area contributed by atoms with Crippen molar-refractivity contribution < 1.29 is 9.80 Å². The summed E-state index contributed by atoms with van der Waals surface area (Å²) in [5.74, 6) is 0. The molecular formula is C17H27BrN2+2. The van der Waals surface area contributed by atoms with E-state index in [1.807, 2.05) is 4.90 Å². The second kappa shape index (κ2) is 7.06. The molecule has 1 saturated heterocycles. The molecule has 0 unspecified atom stereocenters. The molecular weight excluding hydrogens is 312 g/mol. The van der Waals surface area contributed by atoms with E-state index in [9.17, 15) is 0 Å². The fraction of sp³-hybridized carbons (Fsp3) is 0.647. The minimum absolute atomic E-state index is 0.980. The SMILES string of the molecule is Brc1ccccc1C[NH+]1CC[NH+](C2CCCCC2)CC1. The largest absolute Gasteiger partial charge is 0.323 e. The van der Waals surface area contributed by atoms with Crippen molar-refractivity contribution in [1.82, 2.24) is 0 Å². The fourth-order valence-electron chi connectivity index (χ4n) is 3.93. The first-order chi connectivity index (χ1) is 9.83. The Hall–Kier alpha value is -0.380. The summed E-state index contributed by atoms with van der Waals surface area (Å²) in [6.07, 6.45) is 7.39. The van der Waals surface area contributed by atoms with Gasteiger partial charge in [0.2, 0.25) is 0 Å². The third-order valence-corrected chi connectivity index (χ3v) is 5.95. The second-order valence-electron chi connectivity index (χ2n) is 6.51. The van der Waals surface area contributed by atoms with Crippen LogP contribution in [0.1, 0.15) is 37.7 Å². The van der Waals surface area contributed by atoms with Gasteiger partial charge in [-0.1, -0.05) is 40.5 Å². The summed E-state index contributed by atoms with van der Waals surface area (Å²) in [5, 5.41) is 0. The van der Waals surface area contributed by atoms with Crippen molar-refractivity contribution in [3.63, 3.8) is 0 Å². The number of piperazine rings is 1. The molecule has 0 atom stereocenters. The lowest BCUT2D eigenvalue weighted by Gasteiger charge is -2.36. The monoisotopic (exact) mass is 338 g/mol. The lowest BCUT2D eigenvalue weighted by Crippen LogP contribution is -3.29. The molecule has 20 heavy (non-hydrogen) atoms. The number of nitrogens with one attached hydrogen (secondary N) is 2. The summed E-state index contributed by atoms with van der Waals surface area (Å²) in [7, 11) is 0. The van der Waals surface area contributed by atoms with E-state index in [4.69, 9.17) is 0 Å². The van der Waals surface area contributed by atoms with Crippen molar-refractivity contribution >= 4 is 15.9 Å². The minimum atomic E-state index is 0.980. The lowest BCUT2D eigenvalue weighted by atomic mass is 9.94. The van der Waals surface area contributed by atoms with Crippen LogP contribution in [0.3, 0.4) is 0 Å². The van der Waals surface area contributed by atoms with Gasteiger partial charge < -0.3 is 9.80 Å². The zero-order valence-electron chi connectivity index (χ0n) is 12.3. The average Bonchev–Trinajstić information content (AvgIpc) is 2.51. The van der Waals surface area contributed by atoms with Crippen LogP contribution in [0.5, 0.6) is 0 Å². The Balaban J connectivity index is 1.50. The Kier molecular flexibility index (Phi) is 5.14. The molecule has 2 nitrogen and oxygen atoms in total. The predicted molar refractivity (Wildman–Crippen MR) is 86.1 cm³/mol. The van der Waals surface area contributed by atoms with Crippen LogP contribution in [0.25, 0.3) is 0 Å². The van der Waals surface area contributed by atoms with Crippen molar-refractivity contribution in [3.8, 4) is 0 Å². The van der Waals surface area contributed by atoms with Gasteiger partial charge in [0.15, 0.2) is 0 Å². The van der Waals surface area contributed by atoms with Crippen LogP contribution in [-0.4, -0.2) is 32.2 Å². The molecule has 1 saturated carbocycles. The van der Waals surface area contributed by atoms with Crippen LogP contribution in [0.15, 0.2) is 28.7 Å². The highest BCUT2D eigenvalue weighted by Crippen LogP contribution is 2.16. The molecule has 1 heterocycles. The summed E-state index contributed by atoms with van der Waals surface area (Å²) < 4.78 is 1.27. The molecule has 2 aliphatic rings. The predicted octanol–water partition coefficient (Wildman–Crippen LogP) is 1.07. The summed E-state index contributed by atoms with van der Waals surface area (Å²) in [5.41, 5.74) is 1.46. The molecule has 0 bridgehead atoms. The number of hydrogen-bond donors (Lipinski definition) is 2. The highest BCUT2D eigenvalue weighted by Gasteiger charge is 2.30. The molecule has 0 spiro atoms. The van der Waals surface area contributed by atoms with E-state index in [0.717, 1.165) is 6.04 Å². The van der Waals surface area contributed by atoms with Crippen LogP contribution in [-0.2, 0) is 6.54 Å². The fourth-order valence-corrected chi connectivity index (χ4v) is 4.36. The van der Waals surface area contributed by atoms with Crippen LogP contribution in [0, 0.1) is 0 Å². The molecule has 0 radical (unpaired) electrons. The molecule has 2 fully saturated rings. The van der Waals surface area contributed by atoms with Gasteiger partial charge in [-0.2, -0.15) is 0 Å². The molecule has 110 valence electrons. The van der Waals surface area contributed by atoms with E-state index in [-0.39, 0.29) is 0 Å². The van der Waals surface area contributed by atoms with Crippen molar-refractivity contribution in [2.24, 2.45) is 0 Å². The van der Waals surface area contributed by atoms with Gasteiger partial charge in [-0.25, -0.2) is 0 Å². The number of quaternary nitrogens is 2. The smallest absolute Gasteiger partial charge is 0.127 e. The van der Waals surface area contributed by atoms with Crippen LogP contribution in [0.2, 0.25) is 0 Å². The highest BCUT2D eigenvalue weighted by atomic mass is 79.9. The van der Waals surface area contributed by atoms with E-state index in [2.05, 4.69) is 40.2 Å². The maximum absolute atomic E-state index is 3.68. The summed E-state index contributed by atoms with van der Waals surface area (Å²) >= 11 is 3.68. The lowest BCUT2D eigenvalue weighted by molar-refractivity contribution is -1.03. The highest BCUT2D eigenvalue weighted by molar-refractivity contribution is 9.10. The zero-order chi connectivity index (χ0) is 13.8. The van der Waals surface area contributed by atoms with Crippen LogP contribution in [0.4, 0.5) is 0 Å². The Labute approximate surface area is 131 Å². The van der Waals surface area contributed by atoms with Crippen molar-refractivity contribution in [2.75, 3.05) is 26.2 Å². The van der Waals surface area contributed by atoms with E-state index in [1.165, 1.54) is 74.9 Å². The summed E-state index contributed by atoms with van der Waals surface area (Å²) in [6, 6.07) is 9.67. The molecule has 0 amide bonds. The van der Waals surface area contributed by atoms with Gasteiger partial charge in [0, 0.05) is 10.0 Å². The summed E-state index contributed by atoms with van der Waals surface area (Å²) in [6.45, 7) is 6.62. The van der Waals surface area contributed by atoms with E-state index in [1.54, 1.807) is 4.90 Å². The Morgan fingerprint density at radius 1 is 0.950 bits per heavy atom. The third kappa shape index (κ3) is 3.63. The van der Waals surface area contributed by atoms with Gasteiger partial charge in [-0.3, -0.25) is 0 Å². The molecule has 1 aromatic carbocycles. The molecule has 2 N–H and O–H groups in total. The zero-order valence-corrected chi connectivity index (χ0v) is 13.9. The number of halogens is 1. The Bertz CT molecular complexity index is 421. The first-order valence-electron chi connectivity index (χ1n) is 8.24. The van der Waals surface area contributed by atoms with Crippen molar-refractivity contribution in [3.05, 3.63) is 34.3 Å². The van der Waals surface area contributed by atoms with E-state index in [0.29, 0.717) is 0 Å². The molecule has 3 rings (SSSR count). The van der Waals surface area contributed by atoms with E-state index >= 15 is 0 Å². The molecule has 1 aliphatic heterocycles. The van der Waals surface area contributed by atoms with Crippen molar-refractivity contribution in [2.45, 2.75) is 44.7 Å². The molecule has 1 aliphatic carbocycles. The van der Waals surface area contributed by atoms with Gasteiger partial charge in [0.05, 0.1) is 6.04 Å². The maximum atomic E-state index is 3.68. The van der Waals surface area contributed by atoms with Crippen LogP contribution >= 0.6 is 15.9 Å². The van der Waals surface area contributed by atoms with Gasteiger partial charge in [0.1, 0.15) is 32.7 Å². The summed E-state index contributed by atoms with van der Waals surface area (Å²) in [4.78, 5) is 3.66. The minimum Gasteiger partial charge on any atom is -0.323 e. The average molecular weight is 339 g/mol. The number of rotatable bonds is 3. The van der Waals surface area contributed by atoms with E-state index < -0.39 is 0 Å².